The van der Waals surface area contributed by atoms with Crippen LogP contribution < -0.4 is 0 Å². The van der Waals surface area contributed by atoms with E-state index in [9.17, 15) is 13.9 Å². The molecule has 0 aromatic carbocycles. The third kappa shape index (κ3) is 3.19. The van der Waals surface area contributed by atoms with Crippen molar-refractivity contribution in [1.29, 1.82) is 0 Å². The fourth-order valence-corrected chi connectivity index (χ4v) is 8.37. The first kappa shape index (κ1) is 20.8. The highest BCUT2D eigenvalue weighted by Gasteiger charge is 2.59. The Bertz CT molecular complexity index is 628. The van der Waals surface area contributed by atoms with Gasteiger partial charge in [0.15, 0.2) is 0 Å². The van der Waals surface area contributed by atoms with Crippen molar-refractivity contribution < 1.29 is 13.9 Å². The minimum Gasteiger partial charge on any atom is -0.393 e. The first-order valence-corrected chi connectivity index (χ1v) is 11.9. The summed E-state index contributed by atoms with van der Waals surface area (Å²) in [5.74, 6) is 0.175. The Labute approximate surface area is 170 Å². The van der Waals surface area contributed by atoms with Crippen LogP contribution in [0.4, 0.5) is 8.78 Å². The normalized spacial score (nSPS) is 47.0. The van der Waals surface area contributed by atoms with E-state index >= 15 is 0 Å². The Morgan fingerprint density at radius 2 is 1.89 bits per heavy atom. The second kappa shape index (κ2) is 7.06. The lowest BCUT2D eigenvalue weighted by Gasteiger charge is -2.58. The molecule has 0 heterocycles. The van der Waals surface area contributed by atoms with Crippen LogP contribution in [0.25, 0.3) is 0 Å². The molecule has 0 bridgehead atoms. The van der Waals surface area contributed by atoms with Crippen molar-refractivity contribution in [3.63, 3.8) is 0 Å². The molecular formula is C25H40F2O. The van der Waals surface area contributed by atoms with Gasteiger partial charge in [0.05, 0.1) is 6.10 Å². The summed E-state index contributed by atoms with van der Waals surface area (Å²) in [6, 6.07) is 0. The molecule has 3 saturated carbocycles. The van der Waals surface area contributed by atoms with E-state index < -0.39 is 5.92 Å². The molecule has 0 saturated heterocycles. The molecule has 4 rings (SSSR count). The standard InChI is InChI=1S/C25H40F2O/c1-5-25(26,27)15-16(2)20-8-9-21-19-7-6-17-14-18(28)10-12-23(17,3)22(19)11-13-24(20,21)4/h6,16,18-22,28H,5,7-15H2,1-4H3/t16?,18-,19?,20+,21?,22?,23-,24+/m0/s1. The quantitative estimate of drug-likeness (QED) is 0.509. The molecule has 8 atom stereocenters. The first-order valence-electron chi connectivity index (χ1n) is 11.9. The predicted octanol–water partition coefficient (Wildman–Crippen LogP) is 7.00. The maximum atomic E-state index is 14.1. The molecule has 3 fully saturated rings. The maximum absolute atomic E-state index is 14.1. The van der Waals surface area contributed by atoms with Gasteiger partial charge < -0.3 is 5.11 Å². The molecule has 160 valence electrons. The van der Waals surface area contributed by atoms with E-state index in [2.05, 4.69) is 26.8 Å². The second-order valence-corrected chi connectivity index (χ2v) is 11.3. The van der Waals surface area contributed by atoms with Crippen LogP contribution >= 0.6 is 0 Å². The monoisotopic (exact) mass is 394 g/mol. The van der Waals surface area contributed by atoms with Gasteiger partial charge in [-0.3, -0.25) is 0 Å². The molecule has 0 aliphatic heterocycles. The van der Waals surface area contributed by atoms with Gasteiger partial charge in [-0.05, 0) is 91.8 Å². The van der Waals surface area contributed by atoms with E-state index in [4.69, 9.17) is 0 Å². The SMILES string of the molecule is CCC(F)(F)CC(C)[C@H]1CCC2C3CC=C4C[C@@H](O)CC[C@]4(C)C3CC[C@@]21C. The topological polar surface area (TPSA) is 20.2 Å². The van der Waals surface area contributed by atoms with E-state index in [1.807, 2.05) is 0 Å². The van der Waals surface area contributed by atoms with Gasteiger partial charge in [-0.1, -0.05) is 39.3 Å². The molecule has 28 heavy (non-hydrogen) atoms. The summed E-state index contributed by atoms with van der Waals surface area (Å²) in [4.78, 5) is 0. The number of aliphatic hydroxyl groups excluding tert-OH is 1. The molecule has 0 aromatic rings. The Balaban J connectivity index is 1.55. The Morgan fingerprint density at radius 3 is 2.61 bits per heavy atom. The van der Waals surface area contributed by atoms with Crippen LogP contribution in [-0.2, 0) is 0 Å². The van der Waals surface area contributed by atoms with E-state index in [-0.39, 0.29) is 35.7 Å². The number of alkyl halides is 2. The third-order valence-corrected chi connectivity index (χ3v) is 9.98. The van der Waals surface area contributed by atoms with Crippen LogP contribution in [0.3, 0.4) is 0 Å². The van der Waals surface area contributed by atoms with Crippen LogP contribution in [0.2, 0.25) is 0 Å². The Morgan fingerprint density at radius 1 is 1.14 bits per heavy atom. The lowest BCUT2D eigenvalue weighted by Crippen LogP contribution is -2.51. The van der Waals surface area contributed by atoms with Crippen molar-refractivity contribution in [3.8, 4) is 0 Å². The third-order valence-electron chi connectivity index (χ3n) is 9.98. The molecule has 0 amide bonds. The van der Waals surface area contributed by atoms with Crippen molar-refractivity contribution in [2.45, 2.75) is 104 Å². The van der Waals surface area contributed by atoms with E-state index in [0.717, 1.165) is 38.0 Å². The van der Waals surface area contributed by atoms with Gasteiger partial charge in [0.1, 0.15) is 0 Å². The van der Waals surface area contributed by atoms with Gasteiger partial charge in [0.25, 0.3) is 0 Å². The molecule has 3 heteroatoms. The molecule has 0 spiro atoms. The lowest BCUT2D eigenvalue weighted by atomic mass is 9.47. The zero-order valence-corrected chi connectivity index (χ0v) is 18.3. The van der Waals surface area contributed by atoms with Crippen molar-refractivity contribution in [2.24, 2.45) is 40.4 Å². The highest BCUT2D eigenvalue weighted by Crippen LogP contribution is 2.67. The first-order chi connectivity index (χ1) is 13.1. The summed E-state index contributed by atoms with van der Waals surface area (Å²) >= 11 is 0. The molecule has 0 aromatic heterocycles. The van der Waals surface area contributed by atoms with Gasteiger partial charge in [-0.25, -0.2) is 8.78 Å². The minimum absolute atomic E-state index is 0.0350. The second-order valence-electron chi connectivity index (χ2n) is 11.3. The van der Waals surface area contributed by atoms with Gasteiger partial charge >= 0.3 is 0 Å². The van der Waals surface area contributed by atoms with Crippen molar-refractivity contribution >= 4 is 0 Å². The Hall–Kier alpha value is -0.440. The minimum atomic E-state index is -2.51. The number of hydrogen-bond acceptors (Lipinski definition) is 1. The van der Waals surface area contributed by atoms with Gasteiger partial charge in [-0.2, -0.15) is 0 Å². The number of rotatable bonds is 4. The number of hydrogen-bond donors (Lipinski definition) is 1. The van der Waals surface area contributed by atoms with E-state index in [0.29, 0.717) is 17.8 Å². The summed E-state index contributed by atoms with van der Waals surface area (Å²) in [7, 11) is 0. The van der Waals surface area contributed by atoms with Crippen molar-refractivity contribution in [3.05, 3.63) is 11.6 Å². The molecule has 1 nitrogen and oxygen atoms in total. The number of aliphatic hydroxyl groups is 1. The molecule has 1 N–H and O–H groups in total. The molecule has 0 radical (unpaired) electrons. The maximum Gasteiger partial charge on any atom is 0.248 e. The van der Waals surface area contributed by atoms with Gasteiger partial charge in [0.2, 0.25) is 5.92 Å². The summed E-state index contributed by atoms with van der Waals surface area (Å²) in [5.41, 5.74) is 2.02. The van der Waals surface area contributed by atoms with Crippen molar-refractivity contribution in [1.82, 2.24) is 0 Å². The van der Waals surface area contributed by atoms with E-state index in [1.165, 1.54) is 24.8 Å². The number of halogens is 2. The van der Waals surface area contributed by atoms with Crippen molar-refractivity contribution in [2.75, 3.05) is 0 Å². The smallest absolute Gasteiger partial charge is 0.248 e. The highest BCUT2D eigenvalue weighted by molar-refractivity contribution is 5.25. The molecule has 4 aliphatic carbocycles. The van der Waals surface area contributed by atoms with Crippen LogP contribution in [0, 0.1) is 40.4 Å². The highest BCUT2D eigenvalue weighted by atomic mass is 19.3. The largest absolute Gasteiger partial charge is 0.393 e. The van der Waals surface area contributed by atoms with Crippen LogP contribution in [0.15, 0.2) is 11.6 Å². The number of allylic oxidation sites excluding steroid dienone is 1. The zero-order valence-electron chi connectivity index (χ0n) is 18.3. The van der Waals surface area contributed by atoms with E-state index in [1.54, 1.807) is 6.92 Å². The van der Waals surface area contributed by atoms with Gasteiger partial charge in [0, 0.05) is 12.8 Å². The fourth-order valence-electron chi connectivity index (χ4n) is 8.37. The lowest BCUT2D eigenvalue weighted by molar-refractivity contribution is -0.0736. The summed E-state index contributed by atoms with van der Waals surface area (Å²) in [5, 5.41) is 10.2. The molecule has 4 unspecified atom stereocenters. The summed E-state index contributed by atoms with van der Waals surface area (Å²) in [6.45, 7) is 8.61. The van der Waals surface area contributed by atoms with Crippen LogP contribution in [-0.4, -0.2) is 17.1 Å². The summed E-state index contributed by atoms with van der Waals surface area (Å²) in [6.07, 6.45) is 11.2. The van der Waals surface area contributed by atoms with Gasteiger partial charge in [-0.15, -0.1) is 0 Å². The fraction of sp³-hybridized carbons (Fsp3) is 0.920. The van der Waals surface area contributed by atoms with Crippen LogP contribution in [0.1, 0.15) is 91.9 Å². The zero-order chi connectivity index (χ0) is 20.3. The number of fused-ring (bicyclic) bond motifs is 5. The predicted molar refractivity (Wildman–Crippen MR) is 110 cm³/mol. The molecule has 4 aliphatic rings. The summed E-state index contributed by atoms with van der Waals surface area (Å²) < 4.78 is 28.2. The Kier molecular flexibility index (Phi) is 5.25. The average molecular weight is 395 g/mol. The molecular weight excluding hydrogens is 354 g/mol. The average Bonchev–Trinajstić information content (AvgIpc) is 2.99. The van der Waals surface area contributed by atoms with Crippen LogP contribution in [0.5, 0.6) is 0 Å².